The van der Waals surface area contributed by atoms with Crippen LogP contribution in [0.25, 0.3) is 0 Å². The van der Waals surface area contributed by atoms with E-state index in [0.717, 1.165) is 0 Å². The fourth-order valence-corrected chi connectivity index (χ4v) is 1.90. The zero-order valence-corrected chi connectivity index (χ0v) is 10.2. The summed E-state index contributed by atoms with van der Waals surface area (Å²) < 4.78 is 10.4. The minimum absolute atomic E-state index is 0.0861. The molecule has 1 fully saturated rings. The lowest BCUT2D eigenvalue weighted by Gasteiger charge is -2.32. The van der Waals surface area contributed by atoms with Gasteiger partial charge in [-0.15, -0.1) is 0 Å². The van der Waals surface area contributed by atoms with Crippen LogP contribution in [0.4, 0.5) is 0 Å². The van der Waals surface area contributed by atoms with Gasteiger partial charge in [0.1, 0.15) is 5.75 Å². The molecule has 1 saturated heterocycles. The van der Waals surface area contributed by atoms with Crippen LogP contribution in [0.3, 0.4) is 0 Å². The number of hydrogen-bond acceptors (Lipinski definition) is 5. The number of aliphatic hydroxyl groups is 1. The first-order chi connectivity index (χ1) is 8.76. The maximum atomic E-state index is 12.3. The number of aromatic nitrogens is 1. The summed E-state index contributed by atoms with van der Waals surface area (Å²) in [5.74, 6) is 0.325. The molecule has 6 nitrogen and oxygen atoms in total. The Bertz CT molecular complexity index is 424. The number of amides is 1. The summed E-state index contributed by atoms with van der Waals surface area (Å²) >= 11 is 0. The molecule has 0 bridgehead atoms. The molecule has 1 atom stereocenters. The van der Waals surface area contributed by atoms with Gasteiger partial charge in [0.25, 0.3) is 5.91 Å². The molecule has 2 heterocycles. The molecule has 1 aromatic rings. The highest BCUT2D eigenvalue weighted by atomic mass is 16.5. The number of nitrogens with zero attached hydrogens (tertiary/aromatic N) is 2. The quantitative estimate of drug-likeness (QED) is 0.815. The topological polar surface area (TPSA) is 71.9 Å². The lowest BCUT2D eigenvalue weighted by molar-refractivity contribution is -0.0447. The molecule has 1 aliphatic rings. The molecule has 1 N–H and O–H groups in total. The SMILES string of the molecule is COc1cnccc1C(=O)N1CCOC(CO)C1. The van der Waals surface area contributed by atoms with Crippen molar-refractivity contribution < 1.29 is 19.4 Å². The number of aliphatic hydroxyl groups excluding tert-OH is 1. The molecule has 0 radical (unpaired) electrons. The van der Waals surface area contributed by atoms with Crippen LogP contribution >= 0.6 is 0 Å². The van der Waals surface area contributed by atoms with Crippen LogP contribution in [-0.4, -0.2) is 60.4 Å². The summed E-state index contributed by atoms with van der Waals surface area (Å²) in [7, 11) is 1.50. The molecule has 1 aliphatic heterocycles. The van der Waals surface area contributed by atoms with Crippen molar-refractivity contribution >= 4 is 5.91 Å². The van der Waals surface area contributed by atoms with E-state index in [4.69, 9.17) is 14.6 Å². The van der Waals surface area contributed by atoms with Crippen LogP contribution in [0.2, 0.25) is 0 Å². The first kappa shape index (κ1) is 12.8. The van der Waals surface area contributed by atoms with E-state index in [0.29, 0.717) is 31.0 Å². The van der Waals surface area contributed by atoms with Crippen LogP contribution in [0.5, 0.6) is 5.75 Å². The average Bonchev–Trinajstić information content (AvgIpc) is 2.46. The second-order valence-electron chi connectivity index (χ2n) is 4.00. The molecule has 1 amide bonds. The Morgan fingerprint density at radius 1 is 1.72 bits per heavy atom. The Balaban J connectivity index is 2.15. The summed E-state index contributed by atoms with van der Waals surface area (Å²) in [6.45, 7) is 1.25. The molecule has 98 valence electrons. The molecule has 6 heteroatoms. The molecule has 0 aromatic carbocycles. The van der Waals surface area contributed by atoms with E-state index in [-0.39, 0.29) is 18.6 Å². The van der Waals surface area contributed by atoms with E-state index in [9.17, 15) is 4.79 Å². The smallest absolute Gasteiger partial charge is 0.257 e. The van der Waals surface area contributed by atoms with Crippen molar-refractivity contribution in [3.05, 3.63) is 24.0 Å². The minimum Gasteiger partial charge on any atom is -0.494 e. The molecular formula is C12H16N2O4. The molecule has 1 aromatic heterocycles. The van der Waals surface area contributed by atoms with Crippen LogP contribution in [0, 0.1) is 0 Å². The molecule has 0 spiro atoms. The zero-order valence-electron chi connectivity index (χ0n) is 10.2. The molecule has 18 heavy (non-hydrogen) atoms. The van der Waals surface area contributed by atoms with Gasteiger partial charge in [0.2, 0.25) is 0 Å². The maximum absolute atomic E-state index is 12.3. The van der Waals surface area contributed by atoms with Crippen molar-refractivity contribution in [2.45, 2.75) is 6.10 Å². The Hall–Kier alpha value is -1.66. The van der Waals surface area contributed by atoms with E-state index >= 15 is 0 Å². The summed E-state index contributed by atoms with van der Waals surface area (Å²) in [4.78, 5) is 17.9. The summed E-state index contributed by atoms with van der Waals surface area (Å²) in [5.41, 5.74) is 0.478. The second-order valence-corrected chi connectivity index (χ2v) is 4.00. The highest BCUT2D eigenvalue weighted by molar-refractivity contribution is 5.96. The lowest BCUT2D eigenvalue weighted by atomic mass is 10.2. The van der Waals surface area contributed by atoms with Crippen LogP contribution < -0.4 is 4.74 Å². The Kier molecular flexibility index (Phi) is 4.11. The predicted molar refractivity (Wildman–Crippen MR) is 63.5 cm³/mol. The number of rotatable bonds is 3. The number of morpholine rings is 1. The highest BCUT2D eigenvalue weighted by Gasteiger charge is 2.26. The number of ether oxygens (including phenoxy) is 2. The first-order valence-corrected chi connectivity index (χ1v) is 5.76. The van der Waals surface area contributed by atoms with Gasteiger partial charge in [0, 0.05) is 19.3 Å². The van der Waals surface area contributed by atoms with Crippen LogP contribution in [0.1, 0.15) is 10.4 Å². The summed E-state index contributed by atoms with van der Waals surface area (Å²) in [5, 5.41) is 9.06. The zero-order chi connectivity index (χ0) is 13.0. The van der Waals surface area contributed by atoms with E-state index < -0.39 is 0 Å². The van der Waals surface area contributed by atoms with E-state index in [1.54, 1.807) is 17.2 Å². The molecule has 2 rings (SSSR count). The van der Waals surface area contributed by atoms with Gasteiger partial charge in [-0.2, -0.15) is 0 Å². The van der Waals surface area contributed by atoms with Gasteiger partial charge in [-0.1, -0.05) is 0 Å². The Morgan fingerprint density at radius 2 is 2.56 bits per heavy atom. The number of hydrogen-bond donors (Lipinski definition) is 1. The lowest BCUT2D eigenvalue weighted by Crippen LogP contribution is -2.47. The van der Waals surface area contributed by atoms with Gasteiger partial charge < -0.3 is 19.5 Å². The highest BCUT2D eigenvalue weighted by Crippen LogP contribution is 2.19. The van der Waals surface area contributed by atoms with Crippen LogP contribution in [0.15, 0.2) is 18.5 Å². The fourth-order valence-electron chi connectivity index (χ4n) is 1.90. The number of carbonyl (C=O) groups excluding carboxylic acids is 1. The Labute approximate surface area is 105 Å². The van der Waals surface area contributed by atoms with Gasteiger partial charge in [-0.25, -0.2) is 0 Å². The summed E-state index contributed by atoms with van der Waals surface area (Å²) in [6, 6.07) is 1.63. The van der Waals surface area contributed by atoms with Crippen molar-refractivity contribution in [2.75, 3.05) is 33.4 Å². The molecule has 1 unspecified atom stereocenters. The Morgan fingerprint density at radius 3 is 3.28 bits per heavy atom. The van der Waals surface area contributed by atoms with Crippen molar-refractivity contribution in [2.24, 2.45) is 0 Å². The van der Waals surface area contributed by atoms with E-state index in [1.165, 1.54) is 13.3 Å². The van der Waals surface area contributed by atoms with E-state index in [2.05, 4.69) is 4.98 Å². The monoisotopic (exact) mass is 252 g/mol. The van der Waals surface area contributed by atoms with Crippen LogP contribution in [-0.2, 0) is 4.74 Å². The van der Waals surface area contributed by atoms with Crippen molar-refractivity contribution in [1.82, 2.24) is 9.88 Å². The van der Waals surface area contributed by atoms with Crippen molar-refractivity contribution in [3.63, 3.8) is 0 Å². The number of carbonyl (C=O) groups is 1. The molecular weight excluding hydrogens is 236 g/mol. The second kappa shape index (κ2) is 5.79. The number of pyridine rings is 1. The predicted octanol–water partition coefficient (Wildman–Crippen LogP) is -0.0765. The molecule has 0 saturated carbocycles. The van der Waals surface area contributed by atoms with Gasteiger partial charge in [-0.3, -0.25) is 9.78 Å². The van der Waals surface area contributed by atoms with E-state index in [1.807, 2.05) is 0 Å². The normalized spacial score (nSPS) is 19.7. The van der Waals surface area contributed by atoms with Crippen molar-refractivity contribution in [1.29, 1.82) is 0 Å². The van der Waals surface area contributed by atoms with Crippen molar-refractivity contribution in [3.8, 4) is 5.75 Å². The summed E-state index contributed by atoms with van der Waals surface area (Å²) in [6.07, 6.45) is 2.76. The largest absolute Gasteiger partial charge is 0.494 e. The third-order valence-electron chi connectivity index (χ3n) is 2.86. The van der Waals surface area contributed by atoms with Gasteiger partial charge in [0.15, 0.2) is 0 Å². The standard InChI is InChI=1S/C12H16N2O4/c1-17-11-6-13-3-2-10(11)12(16)14-4-5-18-9(7-14)8-15/h2-3,6,9,15H,4-5,7-8H2,1H3. The third kappa shape index (κ3) is 2.60. The third-order valence-corrected chi connectivity index (χ3v) is 2.86. The minimum atomic E-state index is -0.310. The number of methoxy groups -OCH3 is 1. The van der Waals surface area contributed by atoms with Gasteiger partial charge in [-0.05, 0) is 6.07 Å². The first-order valence-electron chi connectivity index (χ1n) is 5.76. The van der Waals surface area contributed by atoms with Gasteiger partial charge in [0.05, 0.1) is 38.2 Å². The maximum Gasteiger partial charge on any atom is 0.257 e. The van der Waals surface area contributed by atoms with Gasteiger partial charge >= 0.3 is 0 Å². The fraction of sp³-hybridized carbons (Fsp3) is 0.500. The molecule has 0 aliphatic carbocycles. The average molecular weight is 252 g/mol.